The molecule has 0 spiro atoms. The molecular weight excluding hydrogens is 314 g/mol. The van der Waals surface area contributed by atoms with Crippen LogP contribution in [0.5, 0.6) is 5.75 Å². The summed E-state index contributed by atoms with van der Waals surface area (Å²) < 4.78 is 5.88. The standard InChI is InChI=1S/C19H17N5O/c1-12-5-2-3-6-14(12)11-25-15-8-4-7-13(9-15)17-16(10-20)18(21)24-19(22)23-17/h2-9H,11H2,1H3,(H4,21,22,23,24). The summed E-state index contributed by atoms with van der Waals surface area (Å²) in [6, 6.07) is 17.4. The Morgan fingerprint density at radius 1 is 1.08 bits per heavy atom. The van der Waals surface area contributed by atoms with Gasteiger partial charge in [-0.2, -0.15) is 10.2 Å². The van der Waals surface area contributed by atoms with Gasteiger partial charge in [-0.1, -0.05) is 36.4 Å². The van der Waals surface area contributed by atoms with Crippen LogP contribution in [-0.4, -0.2) is 9.97 Å². The maximum absolute atomic E-state index is 9.32. The van der Waals surface area contributed by atoms with Crippen molar-refractivity contribution in [1.29, 1.82) is 5.26 Å². The van der Waals surface area contributed by atoms with Gasteiger partial charge in [-0.3, -0.25) is 0 Å². The monoisotopic (exact) mass is 331 g/mol. The molecule has 1 aromatic heterocycles. The quantitative estimate of drug-likeness (QED) is 0.760. The number of nitrogens with zero attached hydrogens (tertiary/aromatic N) is 3. The summed E-state index contributed by atoms with van der Waals surface area (Å²) in [7, 11) is 0. The maximum Gasteiger partial charge on any atom is 0.222 e. The Kier molecular flexibility index (Phi) is 4.48. The number of nitrogen functional groups attached to an aromatic ring is 2. The Balaban J connectivity index is 1.90. The number of ether oxygens (including phenoxy) is 1. The third kappa shape index (κ3) is 3.51. The number of aromatic nitrogens is 2. The molecule has 3 aromatic rings. The second-order valence-electron chi connectivity index (χ2n) is 5.55. The summed E-state index contributed by atoms with van der Waals surface area (Å²) in [5, 5.41) is 9.32. The number of aryl methyl sites for hydroxylation is 1. The van der Waals surface area contributed by atoms with Crippen molar-refractivity contribution in [1.82, 2.24) is 9.97 Å². The van der Waals surface area contributed by atoms with Crippen molar-refractivity contribution < 1.29 is 4.74 Å². The SMILES string of the molecule is Cc1ccccc1COc1cccc(-c2nc(N)nc(N)c2C#N)c1. The van der Waals surface area contributed by atoms with Gasteiger partial charge in [0.15, 0.2) is 0 Å². The smallest absolute Gasteiger partial charge is 0.222 e. The zero-order valence-corrected chi connectivity index (χ0v) is 13.7. The van der Waals surface area contributed by atoms with Crippen molar-refractivity contribution in [2.75, 3.05) is 11.5 Å². The summed E-state index contributed by atoms with van der Waals surface area (Å²) in [6.45, 7) is 2.50. The highest BCUT2D eigenvalue weighted by Crippen LogP contribution is 2.28. The Morgan fingerprint density at radius 3 is 2.64 bits per heavy atom. The van der Waals surface area contributed by atoms with Crippen molar-refractivity contribution in [3.05, 3.63) is 65.2 Å². The van der Waals surface area contributed by atoms with Crippen LogP contribution in [-0.2, 0) is 6.61 Å². The Morgan fingerprint density at radius 2 is 1.88 bits per heavy atom. The fourth-order valence-corrected chi connectivity index (χ4v) is 2.48. The van der Waals surface area contributed by atoms with Crippen LogP contribution in [0.4, 0.5) is 11.8 Å². The normalized spacial score (nSPS) is 10.2. The van der Waals surface area contributed by atoms with Gasteiger partial charge in [0.25, 0.3) is 0 Å². The van der Waals surface area contributed by atoms with E-state index in [1.165, 1.54) is 5.56 Å². The predicted molar refractivity (Wildman–Crippen MR) is 96.5 cm³/mol. The second kappa shape index (κ2) is 6.89. The molecule has 0 amide bonds. The summed E-state index contributed by atoms with van der Waals surface area (Å²) in [5.74, 6) is 0.759. The van der Waals surface area contributed by atoms with Crippen molar-refractivity contribution >= 4 is 11.8 Å². The molecule has 124 valence electrons. The topological polar surface area (TPSA) is 111 Å². The van der Waals surface area contributed by atoms with E-state index in [1.807, 2.05) is 55.5 Å². The molecule has 3 rings (SSSR count). The number of anilines is 2. The van der Waals surface area contributed by atoms with Crippen LogP contribution in [0, 0.1) is 18.3 Å². The first-order chi connectivity index (χ1) is 12.1. The average molecular weight is 331 g/mol. The highest BCUT2D eigenvalue weighted by Gasteiger charge is 2.13. The molecule has 0 aliphatic heterocycles. The lowest BCUT2D eigenvalue weighted by atomic mass is 10.1. The average Bonchev–Trinajstić information content (AvgIpc) is 2.61. The first kappa shape index (κ1) is 16.3. The minimum atomic E-state index is 0.0257. The van der Waals surface area contributed by atoms with E-state index in [-0.39, 0.29) is 17.3 Å². The lowest BCUT2D eigenvalue weighted by Crippen LogP contribution is -2.05. The largest absolute Gasteiger partial charge is 0.489 e. The van der Waals surface area contributed by atoms with Gasteiger partial charge in [-0.05, 0) is 30.2 Å². The van der Waals surface area contributed by atoms with E-state index in [0.29, 0.717) is 23.6 Å². The van der Waals surface area contributed by atoms with Crippen LogP contribution in [0.2, 0.25) is 0 Å². The molecule has 4 N–H and O–H groups in total. The van der Waals surface area contributed by atoms with Crippen LogP contribution in [0.3, 0.4) is 0 Å². The fraction of sp³-hybridized carbons (Fsp3) is 0.105. The summed E-state index contributed by atoms with van der Waals surface area (Å²) in [4.78, 5) is 7.99. The summed E-state index contributed by atoms with van der Waals surface area (Å²) in [5.41, 5.74) is 15.0. The lowest BCUT2D eigenvalue weighted by Gasteiger charge is -2.11. The van der Waals surface area contributed by atoms with E-state index in [1.54, 1.807) is 6.07 Å². The highest BCUT2D eigenvalue weighted by molar-refractivity contribution is 5.73. The maximum atomic E-state index is 9.32. The summed E-state index contributed by atoms with van der Waals surface area (Å²) in [6.07, 6.45) is 0. The molecule has 0 fully saturated rings. The van der Waals surface area contributed by atoms with Crippen LogP contribution >= 0.6 is 0 Å². The number of hydrogen-bond donors (Lipinski definition) is 2. The van der Waals surface area contributed by atoms with Gasteiger partial charge in [-0.15, -0.1) is 0 Å². The Bertz CT molecular complexity index is 962. The van der Waals surface area contributed by atoms with E-state index in [0.717, 1.165) is 5.56 Å². The lowest BCUT2D eigenvalue weighted by molar-refractivity contribution is 0.305. The number of nitrogens with two attached hydrogens (primary N) is 2. The van der Waals surface area contributed by atoms with E-state index in [2.05, 4.69) is 9.97 Å². The van der Waals surface area contributed by atoms with Crippen LogP contribution in [0.15, 0.2) is 48.5 Å². The zero-order chi connectivity index (χ0) is 17.8. The van der Waals surface area contributed by atoms with Gasteiger partial charge in [0.05, 0.1) is 5.69 Å². The van der Waals surface area contributed by atoms with Gasteiger partial charge in [0.2, 0.25) is 5.95 Å². The number of rotatable bonds is 4. The molecule has 6 nitrogen and oxygen atoms in total. The third-order valence-electron chi connectivity index (χ3n) is 3.83. The molecule has 0 aliphatic rings. The fourth-order valence-electron chi connectivity index (χ4n) is 2.48. The second-order valence-corrected chi connectivity index (χ2v) is 5.55. The first-order valence-electron chi connectivity index (χ1n) is 7.69. The van der Waals surface area contributed by atoms with Gasteiger partial charge < -0.3 is 16.2 Å². The summed E-state index contributed by atoms with van der Waals surface area (Å²) >= 11 is 0. The van der Waals surface area contributed by atoms with Crippen LogP contribution in [0.1, 0.15) is 16.7 Å². The van der Waals surface area contributed by atoms with Crippen molar-refractivity contribution in [2.24, 2.45) is 0 Å². The number of nitriles is 1. The van der Waals surface area contributed by atoms with E-state index in [9.17, 15) is 5.26 Å². The molecule has 25 heavy (non-hydrogen) atoms. The number of benzene rings is 2. The Hall–Kier alpha value is -3.59. The minimum absolute atomic E-state index is 0.0257. The molecule has 6 heteroatoms. The van der Waals surface area contributed by atoms with Crippen LogP contribution in [0.25, 0.3) is 11.3 Å². The van der Waals surface area contributed by atoms with Crippen molar-refractivity contribution in [2.45, 2.75) is 13.5 Å². The van der Waals surface area contributed by atoms with E-state index < -0.39 is 0 Å². The molecule has 0 aliphatic carbocycles. The van der Waals surface area contributed by atoms with Gasteiger partial charge in [-0.25, -0.2) is 4.98 Å². The molecular formula is C19H17N5O. The molecule has 0 saturated carbocycles. The van der Waals surface area contributed by atoms with Crippen molar-refractivity contribution in [3.8, 4) is 23.1 Å². The molecule has 0 radical (unpaired) electrons. The van der Waals surface area contributed by atoms with Gasteiger partial charge >= 0.3 is 0 Å². The minimum Gasteiger partial charge on any atom is -0.489 e. The molecule has 0 bridgehead atoms. The van der Waals surface area contributed by atoms with Gasteiger partial charge in [0, 0.05) is 5.56 Å². The van der Waals surface area contributed by atoms with Gasteiger partial charge in [0.1, 0.15) is 29.8 Å². The third-order valence-corrected chi connectivity index (χ3v) is 3.83. The molecule has 0 atom stereocenters. The van der Waals surface area contributed by atoms with E-state index >= 15 is 0 Å². The molecule has 0 saturated heterocycles. The Labute approximate surface area is 145 Å². The predicted octanol–water partition coefficient (Wildman–Crippen LogP) is 3.07. The molecule has 0 unspecified atom stereocenters. The molecule has 1 heterocycles. The zero-order valence-electron chi connectivity index (χ0n) is 13.7. The molecule has 2 aromatic carbocycles. The van der Waals surface area contributed by atoms with Crippen LogP contribution < -0.4 is 16.2 Å². The first-order valence-corrected chi connectivity index (χ1v) is 7.69. The highest BCUT2D eigenvalue weighted by atomic mass is 16.5. The number of hydrogen-bond acceptors (Lipinski definition) is 6. The van der Waals surface area contributed by atoms with Crippen molar-refractivity contribution in [3.63, 3.8) is 0 Å². The van der Waals surface area contributed by atoms with E-state index in [4.69, 9.17) is 16.2 Å².